The van der Waals surface area contributed by atoms with Gasteiger partial charge in [0.25, 0.3) is 0 Å². The van der Waals surface area contributed by atoms with Gasteiger partial charge in [0, 0.05) is 6.54 Å². The summed E-state index contributed by atoms with van der Waals surface area (Å²) in [4.78, 5) is 26.2. The summed E-state index contributed by atoms with van der Waals surface area (Å²) >= 11 is 0. The number of piperazine rings is 1. The lowest BCUT2D eigenvalue weighted by molar-refractivity contribution is -0.153. The van der Waals surface area contributed by atoms with Gasteiger partial charge >= 0.3 is 0 Å². The molecule has 1 aliphatic heterocycles. The van der Waals surface area contributed by atoms with Crippen molar-refractivity contribution in [1.29, 1.82) is 0 Å². The number of nitrogens with one attached hydrogen (secondary N) is 1. The number of hydrogen-bond donors (Lipinski definition) is 1. The Labute approximate surface area is 104 Å². The first-order valence-electron chi connectivity index (χ1n) is 6.43. The first-order valence-corrected chi connectivity index (χ1v) is 6.43. The molecule has 2 amide bonds. The van der Waals surface area contributed by atoms with Crippen molar-refractivity contribution in [3.05, 3.63) is 0 Å². The van der Waals surface area contributed by atoms with Gasteiger partial charge in [-0.3, -0.25) is 9.59 Å². The zero-order chi connectivity index (χ0) is 13.2. The average Bonchev–Trinajstić information content (AvgIpc) is 2.21. The molecule has 0 aromatic rings. The summed E-state index contributed by atoms with van der Waals surface area (Å²) < 4.78 is 0. The fourth-order valence-electron chi connectivity index (χ4n) is 2.40. The third kappa shape index (κ3) is 2.79. The number of nitrogens with zero attached hydrogens (tertiary/aromatic N) is 1. The van der Waals surface area contributed by atoms with Gasteiger partial charge in [0.05, 0.1) is 0 Å². The smallest absolute Gasteiger partial charge is 0.245 e. The predicted octanol–water partition coefficient (Wildman–Crippen LogP) is 1.55. The van der Waals surface area contributed by atoms with Gasteiger partial charge in [-0.2, -0.15) is 0 Å². The lowest BCUT2D eigenvalue weighted by Gasteiger charge is -2.44. The lowest BCUT2D eigenvalue weighted by atomic mass is 9.83. The van der Waals surface area contributed by atoms with E-state index in [2.05, 4.69) is 5.32 Å². The summed E-state index contributed by atoms with van der Waals surface area (Å²) in [6, 6.07) is -0.689. The van der Waals surface area contributed by atoms with E-state index in [9.17, 15) is 9.59 Å². The van der Waals surface area contributed by atoms with Crippen LogP contribution in [0.25, 0.3) is 0 Å². The van der Waals surface area contributed by atoms with Gasteiger partial charge in [-0.05, 0) is 18.3 Å². The summed E-state index contributed by atoms with van der Waals surface area (Å²) in [6.45, 7) is 10.6. The molecule has 0 aromatic heterocycles. The summed E-state index contributed by atoms with van der Waals surface area (Å²) in [7, 11) is 0. The minimum Gasteiger partial charge on any atom is -0.342 e. The van der Waals surface area contributed by atoms with Crippen LogP contribution in [0, 0.1) is 5.41 Å². The number of carbonyl (C=O) groups is 2. The highest BCUT2D eigenvalue weighted by molar-refractivity contribution is 5.97. The number of rotatable bonds is 3. The second kappa shape index (κ2) is 5.07. The maximum absolute atomic E-state index is 12.3. The van der Waals surface area contributed by atoms with Crippen LogP contribution in [0.1, 0.15) is 47.5 Å². The number of hydrogen-bond acceptors (Lipinski definition) is 2. The normalized spacial score (nSPS) is 26.1. The Bertz CT molecular complexity index is 307. The summed E-state index contributed by atoms with van der Waals surface area (Å²) in [5.41, 5.74) is -0.229. The lowest BCUT2D eigenvalue weighted by Crippen LogP contribution is -2.66. The van der Waals surface area contributed by atoms with Crippen LogP contribution in [0.2, 0.25) is 0 Å². The maximum atomic E-state index is 12.3. The van der Waals surface area contributed by atoms with Gasteiger partial charge in [-0.1, -0.05) is 34.6 Å². The third-order valence-electron chi connectivity index (χ3n) is 3.15. The molecule has 1 rings (SSSR count). The van der Waals surface area contributed by atoms with E-state index >= 15 is 0 Å². The van der Waals surface area contributed by atoms with Gasteiger partial charge in [0.1, 0.15) is 12.1 Å². The maximum Gasteiger partial charge on any atom is 0.245 e. The van der Waals surface area contributed by atoms with Crippen molar-refractivity contribution < 1.29 is 9.59 Å². The van der Waals surface area contributed by atoms with Gasteiger partial charge < -0.3 is 10.2 Å². The van der Waals surface area contributed by atoms with Crippen LogP contribution in [0.5, 0.6) is 0 Å². The van der Waals surface area contributed by atoms with Crippen molar-refractivity contribution in [3.8, 4) is 0 Å². The molecule has 0 aliphatic carbocycles. The Balaban J connectivity index is 3.02. The highest BCUT2D eigenvalue weighted by Gasteiger charge is 2.44. The standard InChI is InChI=1S/C13H24N2O2/c1-6-8-15-10(13(3,4)5)11(16)14-9(7-2)12(15)17/h9-10H,6-8H2,1-5H3,(H,14,16). The quantitative estimate of drug-likeness (QED) is 0.813. The van der Waals surface area contributed by atoms with Crippen molar-refractivity contribution in [2.24, 2.45) is 5.41 Å². The molecule has 1 saturated heterocycles. The molecule has 4 nitrogen and oxygen atoms in total. The highest BCUT2D eigenvalue weighted by atomic mass is 16.2. The molecular formula is C13H24N2O2. The molecule has 1 N–H and O–H groups in total. The zero-order valence-corrected chi connectivity index (χ0v) is 11.5. The monoisotopic (exact) mass is 240 g/mol. The minimum atomic E-state index is -0.349. The molecule has 1 fully saturated rings. The fraction of sp³-hybridized carbons (Fsp3) is 0.846. The Hall–Kier alpha value is -1.06. The molecule has 0 bridgehead atoms. The minimum absolute atomic E-state index is 0.0163. The SMILES string of the molecule is CCCN1C(=O)C(CC)NC(=O)C1C(C)(C)C. The van der Waals surface area contributed by atoms with Crippen LogP contribution < -0.4 is 5.32 Å². The molecule has 4 heteroatoms. The molecule has 2 atom stereocenters. The Morgan fingerprint density at radius 2 is 1.82 bits per heavy atom. The van der Waals surface area contributed by atoms with E-state index in [1.807, 2.05) is 34.6 Å². The van der Waals surface area contributed by atoms with Crippen molar-refractivity contribution in [2.75, 3.05) is 6.54 Å². The van der Waals surface area contributed by atoms with Crippen LogP contribution in [0.4, 0.5) is 0 Å². The van der Waals surface area contributed by atoms with Crippen LogP contribution in [0.3, 0.4) is 0 Å². The molecular weight excluding hydrogens is 216 g/mol. The van der Waals surface area contributed by atoms with Crippen LogP contribution in [-0.2, 0) is 9.59 Å². The Kier molecular flexibility index (Phi) is 4.17. The third-order valence-corrected chi connectivity index (χ3v) is 3.15. The molecule has 98 valence electrons. The largest absolute Gasteiger partial charge is 0.342 e. The molecule has 0 saturated carbocycles. The van der Waals surface area contributed by atoms with Crippen LogP contribution in [-0.4, -0.2) is 35.3 Å². The van der Waals surface area contributed by atoms with Crippen molar-refractivity contribution in [2.45, 2.75) is 59.5 Å². The molecule has 0 radical (unpaired) electrons. The molecule has 1 heterocycles. The highest BCUT2D eigenvalue weighted by Crippen LogP contribution is 2.28. The molecule has 0 aromatic carbocycles. The van der Waals surface area contributed by atoms with Crippen molar-refractivity contribution >= 4 is 11.8 Å². The Morgan fingerprint density at radius 3 is 2.24 bits per heavy atom. The number of carbonyl (C=O) groups excluding carboxylic acids is 2. The summed E-state index contributed by atoms with van der Waals surface area (Å²) in [5, 5.41) is 2.83. The van der Waals surface area contributed by atoms with Gasteiger partial charge in [0.2, 0.25) is 11.8 Å². The molecule has 1 aliphatic rings. The van der Waals surface area contributed by atoms with Crippen LogP contribution in [0.15, 0.2) is 0 Å². The second-order valence-corrected chi connectivity index (χ2v) is 5.77. The first kappa shape index (κ1) is 14.0. The Morgan fingerprint density at radius 1 is 1.24 bits per heavy atom. The first-order chi connectivity index (χ1) is 7.82. The van der Waals surface area contributed by atoms with E-state index in [-0.39, 0.29) is 29.3 Å². The topological polar surface area (TPSA) is 49.4 Å². The average molecular weight is 240 g/mol. The van der Waals surface area contributed by atoms with Gasteiger partial charge in [-0.25, -0.2) is 0 Å². The van der Waals surface area contributed by atoms with E-state index < -0.39 is 0 Å². The van der Waals surface area contributed by atoms with Gasteiger partial charge in [-0.15, -0.1) is 0 Å². The van der Waals surface area contributed by atoms with Crippen LogP contribution >= 0.6 is 0 Å². The second-order valence-electron chi connectivity index (χ2n) is 5.77. The van der Waals surface area contributed by atoms with E-state index in [1.54, 1.807) is 4.90 Å². The zero-order valence-electron chi connectivity index (χ0n) is 11.5. The van der Waals surface area contributed by atoms with E-state index in [4.69, 9.17) is 0 Å². The molecule has 2 unspecified atom stereocenters. The predicted molar refractivity (Wildman–Crippen MR) is 67.5 cm³/mol. The fourth-order valence-corrected chi connectivity index (χ4v) is 2.40. The van der Waals surface area contributed by atoms with E-state index in [1.165, 1.54) is 0 Å². The van der Waals surface area contributed by atoms with E-state index in [0.717, 1.165) is 6.42 Å². The van der Waals surface area contributed by atoms with E-state index in [0.29, 0.717) is 13.0 Å². The molecule has 17 heavy (non-hydrogen) atoms. The van der Waals surface area contributed by atoms with Crippen molar-refractivity contribution in [3.63, 3.8) is 0 Å². The summed E-state index contributed by atoms with van der Waals surface area (Å²) in [6.07, 6.45) is 1.53. The number of amides is 2. The molecule has 0 spiro atoms. The van der Waals surface area contributed by atoms with Gasteiger partial charge in [0.15, 0.2) is 0 Å². The summed E-state index contributed by atoms with van der Waals surface area (Å²) in [5.74, 6) is 0.0475. The van der Waals surface area contributed by atoms with Crippen molar-refractivity contribution in [1.82, 2.24) is 10.2 Å².